The topological polar surface area (TPSA) is 74.8 Å². The van der Waals surface area contributed by atoms with E-state index in [9.17, 15) is 18.0 Å². The van der Waals surface area contributed by atoms with Crippen LogP contribution in [0.5, 0.6) is 5.88 Å². The quantitative estimate of drug-likeness (QED) is 0.720. The van der Waals surface area contributed by atoms with Gasteiger partial charge in [0.2, 0.25) is 5.88 Å². The van der Waals surface area contributed by atoms with Gasteiger partial charge in [-0.05, 0) is 6.07 Å². The van der Waals surface area contributed by atoms with Crippen molar-refractivity contribution in [1.29, 1.82) is 0 Å². The zero-order valence-electron chi connectivity index (χ0n) is 12.5. The highest BCUT2D eigenvalue weighted by molar-refractivity contribution is 5.74. The molecule has 0 bridgehead atoms. The lowest BCUT2D eigenvalue weighted by atomic mass is 10.3. The number of rotatable bonds is 4. The van der Waals surface area contributed by atoms with Crippen LogP contribution in [0.1, 0.15) is 5.69 Å². The standard InChI is InChI=1S/C14H12F3N5O2/c1-21-13-10(6-18-21)11(23)4-5-22(13)7-9-2-3-12(20-19-9)24-8-14(15,16)17/h2-6H,7-8H2,1H3. The Labute approximate surface area is 133 Å². The number of aromatic nitrogens is 5. The monoisotopic (exact) mass is 339 g/mol. The summed E-state index contributed by atoms with van der Waals surface area (Å²) in [6.45, 7) is -1.14. The molecule has 7 nitrogen and oxygen atoms in total. The maximum absolute atomic E-state index is 12.1. The third kappa shape index (κ3) is 3.36. The summed E-state index contributed by atoms with van der Waals surface area (Å²) in [6.07, 6.45) is -1.35. The second-order valence-electron chi connectivity index (χ2n) is 5.08. The van der Waals surface area contributed by atoms with Crippen LogP contribution >= 0.6 is 0 Å². The summed E-state index contributed by atoms with van der Waals surface area (Å²) in [7, 11) is 1.71. The molecule has 0 aliphatic rings. The molecule has 24 heavy (non-hydrogen) atoms. The lowest BCUT2D eigenvalue weighted by Crippen LogP contribution is -2.20. The molecule has 126 valence electrons. The fourth-order valence-electron chi connectivity index (χ4n) is 2.23. The van der Waals surface area contributed by atoms with Crippen LogP contribution in [-0.2, 0) is 13.6 Å². The van der Waals surface area contributed by atoms with E-state index in [0.717, 1.165) is 0 Å². The normalized spacial score (nSPS) is 11.8. The van der Waals surface area contributed by atoms with Crippen molar-refractivity contribution in [2.24, 2.45) is 7.05 Å². The summed E-state index contributed by atoms with van der Waals surface area (Å²) in [5.41, 5.74) is 0.971. The Balaban J connectivity index is 1.81. The van der Waals surface area contributed by atoms with Gasteiger partial charge >= 0.3 is 6.18 Å². The highest BCUT2D eigenvalue weighted by Crippen LogP contribution is 2.17. The molecule has 10 heteroatoms. The van der Waals surface area contributed by atoms with Crippen LogP contribution in [0.15, 0.2) is 35.4 Å². The Morgan fingerprint density at radius 3 is 2.67 bits per heavy atom. The number of hydrogen-bond donors (Lipinski definition) is 0. The minimum Gasteiger partial charge on any atom is -0.467 e. The van der Waals surface area contributed by atoms with Crippen LogP contribution in [0, 0.1) is 0 Å². The third-order valence-electron chi connectivity index (χ3n) is 3.26. The van der Waals surface area contributed by atoms with Crippen molar-refractivity contribution in [3.63, 3.8) is 0 Å². The Morgan fingerprint density at radius 1 is 1.21 bits per heavy atom. The first-order valence-electron chi connectivity index (χ1n) is 6.87. The van der Waals surface area contributed by atoms with Gasteiger partial charge in [-0.25, -0.2) is 0 Å². The minimum absolute atomic E-state index is 0.142. The summed E-state index contributed by atoms with van der Waals surface area (Å²) < 4.78 is 44.1. The highest BCUT2D eigenvalue weighted by atomic mass is 19.4. The molecule has 0 aliphatic carbocycles. The number of ether oxygens (including phenoxy) is 1. The molecule has 0 N–H and O–H groups in total. The Morgan fingerprint density at radius 2 is 2.00 bits per heavy atom. The summed E-state index contributed by atoms with van der Waals surface area (Å²) in [4.78, 5) is 11.8. The first-order chi connectivity index (χ1) is 11.3. The number of pyridine rings is 1. The second kappa shape index (κ2) is 5.95. The van der Waals surface area contributed by atoms with E-state index in [0.29, 0.717) is 16.7 Å². The van der Waals surface area contributed by atoms with Crippen molar-refractivity contribution < 1.29 is 17.9 Å². The molecule has 3 aromatic heterocycles. The SMILES string of the molecule is Cn1ncc2c(=O)ccn(Cc3ccc(OCC(F)(F)F)nn3)c21. The Kier molecular flexibility index (Phi) is 3.96. The molecule has 0 saturated heterocycles. The smallest absolute Gasteiger partial charge is 0.422 e. The van der Waals surface area contributed by atoms with Gasteiger partial charge in [-0.15, -0.1) is 10.2 Å². The van der Waals surface area contributed by atoms with Gasteiger partial charge in [-0.1, -0.05) is 0 Å². The fourth-order valence-corrected chi connectivity index (χ4v) is 2.23. The molecular weight excluding hydrogens is 327 g/mol. The second-order valence-corrected chi connectivity index (χ2v) is 5.08. The molecule has 0 unspecified atom stereocenters. The molecule has 0 saturated carbocycles. The maximum atomic E-state index is 12.1. The van der Waals surface area contributed by atoms with E-state index < -0.39 is 12.8 Å². The predicted octanol–water partition coefficient (Wildman–Crippen LogP) is 1.51. The van der Waals surface area contributed by atoms with E-state index in [2.05, 4.69) is 20.0 Å². The van der Waals surface area contributed by atoms with Gasteiger partial charge in [0.05, 0.1) is 23.8 Å². The van der Waals surface area contributed by atoms with Gasteiger partial charge < -0.3 is 9.30 Å². The summed E-state index contributed by atoms with van der Waals surface area (Å²) >= 11 is 0. The first-order valence-corrected chi connectivity index (χ1v) is 6.87. The largest absolute Gasteiger partial charge is 0.467 e. The molecule has 3 rings (SSSR count). The fraction of sp³-hybridized carbons (Fsp3) is 0.286. The number of hydrogen-bond acceptors (Lipinski definition) is 5. The van der Waals surface area contributed by atoms with E-state index >= 15 is 0 Å². The number of alkyl halides is 3. The molecule has 0 fully saturated rings. The van der Waals surface area contributed by atoms with Gasteiger partial charge in [0.15, 0.2) is 12.0 Å². The van der Waals surface area contributed by atoms with Crippen LogP contribution in [0.4, 0.5) is 13.2 Å². The average molecular weight is 339 g/mol. The van der Waals surface area contributed by atoms with E-state index in [4.69, 9.17) is 0 Å². The molecule has 0 radical (unpaired) electrons. The van der Waals surface area contributed by atoms with Crippen molar-refractivity contribution >= 4 is 11.0 Å². The molecule has 0 amide bonds. The third-order valence-corrected chi connectivity index (χ3v) is 3.26. The van der Waals surface area contributed by atoms with Crippen LogP contribution in [0.25, 0.3) is 11.0 Å². The van der Waals surface area contributed by atoms with Gasteiger partial charge in [-0.2, -0.15) is 18.3 Å². The summed E-state index contributed by atoms with van der Waals surface area (Å²) in [5, 5.41) is 12.0. The van der Waals surface area contributed by atoms with Gasteiger partial charge in [0.1, 0.15) is 5.65 Å². The maximum Gasteiger partial charge on any atom is 0.422 e. The first kappa shape index (κ1) is 16.0. The minimum atomic E-state index is -4.43. The molecule has 0 aromatic carbocycles. The van der Waals surface area contributed by atoms with E-state index in [1.807, 2.05) is 0 Å². The van der Waals surface area contributed by atoms with Crippen molar-refractivity contribution in [3.8, 4) is 5.88 Å². The molecule has 3 aromatic rings. The van der Waals surface area contributed by atoms with Crippen molar-refractivity contribution in [3.05, 3.63) is 46.5 Å². The van der Waals surface area contributed by atoms with Crippen molar-refractivity contribution in [2.45, 2.75) is 12.7 Å². The molecule has 0 aliphatic heterocycles. The van der Waals surface area contributed by atoms with Crippen LogP contribution in [-0.4, -0.2) is 37.3 Å². The predicted molar refractivity (Wildman–Crippen MR) is 77.7 cm³/mol. The number of nitrogens with zero attached hydrogens (tertiary/aromatic N) is 5. The van der Waals surface area contributed by atoms with Crippen LogP contribution in [0.2, 0.25) is 0 Å². The molecule has 0 spiro atoms. The number of fused-ring (bicyclic) bond motifs is 1. The molecular formula is C14H12F3N5O2. The van der Waals surface area contributed by atoms with Crippen LogP contribution in [0.3, 0.4) is 0 Å². The lowest BCUT2D eigenvalue weighted by molar-refractivity contribution is -0.154. The zero-order valence-corrected chi connectivity index (χ0v) is 12.5. The highest BCUT2D eigenvalue weighted by Gasteiger charge is 2.28. The van der Waals surface area contributed by atoms with Crippen LogP contribution < -0.4 is 10.2 Å². The van der Waals surface area contributed by atoms with Gasteiger partial charge in [-0.3, -0.25) is 9.48 Å². The Bertz CT molecular complexity index is 915. The van der Waals surface area contributed by atoms with E-state index in [1.165, 1.54) is 24.4 Å². The van der Waals surface area contributed by atoms with E-state index in [-0.39, 0.29) is 17.9 Å². The summed E-state index contributed by atoms with van der Waals surface area (Å²) in [5.74, 6) is -0.207. The summed E-state index contributed by atoms with van der Waals surface area (Å²) in [6, 6.07) is 4.24. The van der Waals surface area contributed by atoms with Gasteiger partial charge in [0, 0.05) is 25.4 Å². The number of halogens is 3. The Hall–Kier alpha value is -2.91. The van der Waals surface area contributed by atoms with Crippen molar-refractivity contribution in [2.75, 3.05) is 6.61 Å². The zero-order chi connectivity index (χ0) is 17.3. The number of aryl methyl sites for hydroxylation is 1. The average Bonchev–Trinajstić information content (AvgIpc) is 2.92. The lowest BCUT2D eigenvalue weighted by Gasteiger charge is -2.10. The molecule has 0 atom stereocenters. The van der Waals surface area contributed by atoms with E-state index in [1.54, 1.807) is 22.5 Å². The molecule has 3 heterocycles. The van der Waals surface area contributed by atoms with Crippen molar-refractivity contribution in [1.82, 2.24) is 24.5 Å². The van der Waals surface area contributed by atoms with Gasteiger partial charge in [0.25, 0.3) is 0 Å².